The van der Waals surface area contributed by atoms with E-state index in [0.717, 1.165) is 5.69 Å². The van der Waals surface area contributed by atoms with Crippen molar-refractivity contribution in [2.75, 3.05) is 31.1 Å². The number of amides is 1. The van der Waals surface area contributed by atoms with E-state index in [4.69, 9.17) is 9.16 Å². The number of rotatable bonds is 3. The number of halogens is 1. The van der Waals surface area contributed by atoms with Crippen molar-refractivity contribution in [2.24, 2.45) is 0 Å². The van der Waals surface area contributed by atoms with E-state index in [0.29, 0.717) is 31.9 Å². The lowest BCUT2D eigenvalue weighted by atomic mass is 10.2. The largest absolute Gasteiger partial charge is 0.541 e. The van der Waals surface area contributed by atoms with Crippen molar-refractivity contribution >= 4 is 20.1 Å². The Labute approximate surface area is 169 Å². The third kappa shape index (κ3) is 5.62. The molecular weight excluding hydrogens is 375 g/mol. The summed E-state index contributed by atoms with van der Waals surface area (Å²) in [6, 6.07) is 5.04. The molecule has 1 amide bonds. The average molecular weight is 411 g/mol. The monoisotopic (exact) mass is 410 g/mol. The van der Waals surface area contributed by atoms with Gasteiger partial charge in [-0.3, -0.25) is 0 Å². The molecule has 158 valence electrons. The molecule has 0 aliphatic carbocycles. The third-order valence-electron chi connectivity index (χ3n) is 5.38. The number of hydrogen-bond acceptors (Lipinski definition) is 4. The Morgan fingerprint density at radius 2 is 1.61 bits per heavy atom. The molecule has 1 aromatic carbocycles. The van der Waals surface area contributed by atoms with Gasteiger partial charge in [0.1, 0.15) is 11.4 Å². The van der Waals surface area contributed by atoms with Crippen LogP contribution in [0.4, 0.5) is 14.9 Å². The minimum atomic E-state index is -2.13. The SMILES string of the molecule is CC(C)(C)OC(=O)N1CCN(c2ccc(F)c(O[Si](C)(C)C(C)(C)C)c2)CC1. The fraction of sp³-hybridized carbons (Fsp3) is 0.667. The molecule has 0 unspecified atom stereocenters. The summed E-state index contributed by atoms with van der Waals surface area (Å²) in [5.74, 6) is -0.0142. The molecule has 1 heterocycles. The molecule has 0 aromatic heterocycles. The van der Waals surface area contributed by atoms with Crippen LogP contribution in [0.1, 0.15) is 41.5 Å². The Bertz CT molecular complexity index is 703. The standard InChI is InChI=1S/C21H35FN2O3Si/c1-20(2,3)26-19(25)24-13-11-23(12-14-24)16-9-10-17(22)18(15-16)27-28(7,8)21(4,5)6/h9-10,15H,11-14H2,1-8H3. The van der Waals surface area contributed by atoms with Crippen LogP contribution in [0.2, 0.25) is 18.1 Å². The van der Waals surface area contributed by atoms with Gasteiger partial charge in [0, 0.05) is 37.9 Å². The highest BCUT2D eigenvalue weighted by Crippen LogP contribution is 2.38. The zero-order chi connectivity index (χ0) is 21.3. The minimum Gasteiger partial charge on any atom is -0.541 e. The second-order valence-corrected chi connectivity index (χ2v) is 14.7. The van der Waals surface area contributed by atoms with Gasteiger partial charge in [-0.05, 0) is 51.0 Å². The molecule has 0 radical (unpaired) electrons. The second-order valence-electron chi connectivity index (χ2n) is 9.93. The molecule has 5 nitrogen and oxygen atoms in total. The summed E-state index contributed by atoms with van der Waals surface area (Å²) >= 11 is 0. The van der Waals surface area contributed by atoms with Crippen molar-refractivity contribution in [1.29, 1.82) is 0 Å². The van der Waals surface area contributed by atoms with E-state index < -0.39 is 13.9 Å². The van der Waals surface area contributed by atoms with Crippen LogP contribution in [0.3, 0.4) is 0 Å². The van der Waals surface area contributed by atoms with Gasteiger partial charge in [0.2, 0.25) is 0 Å². The minimum absolute atomic E-state index is 0.00547. The van der Waals surface area contributed by atoms with Gasteiger partial charge < -0.3 is 19.0 Å². The zero-order valence-corrected chi connectivity index (χ0v) is 19.6. The van der Waals surface area contributed by atoms with Gasteiger partial charge >= 0.3 is 6.09 Å². The molecule has 0 N–H and O–H groups in total. The van der Waals surface area contributed by atoms with E-state index in [1.54, 1.807) is 17.0 Å². The molecule has 0 atom stereocenters. The first-order valence-electron chi connectivity index (χ1n) is 9.91. The van der Waals surface area contributed by atoms with Crippen molar-refractivity contribution in [3.63, 3.8) is 0 Å². The van der Waals surface area contributed by atoms with Crippen LogP contribution >= 0.6 is 0 Å². The maximum Gasteiger partial charge on any atom is 0.410 e. The number of carbonyl (C=O) groups is 1. The lowest BCUT2D eigenvalue weighted by molar-refractivity contribution is 0.0240. The molecule has 1 aromatic rings. The average Bonchev–Trinajstić information content (AvgIpc) is 2.54. The van der Waals surface area contributed by atoms with Gasteiger partial charge in [-0.2, -0.15) is 0 Å². The van der Waals surface area contributed by atoms with Crippen LogP contribution in [-0.4, -0.2) is 51.1 Å². The smallest absolute Gasteiger partial charge is 0.410 e. The molecule has 0 bridgehead atoms. The molecule has 7 heteroatoms. The van der Waals surface area contributed by atoms with E-state index in [1.165, 1.54) is 6.07 Å². The molecule has 1 aliphatic heterocycles. The fourth-order valence-electron chi connectivity index (χ4n) is 2.67. The van der Waals surface area contributed by atoms with Crippen molar-refractivity contribution < 1.29 is 18.3 Å². The summed E-state index contributed by atoms with van der Waals surface area (Å²) in [6.45, 7) is 18.7. The van der Waals surface area contributed by atoms with Crippen molar-refractivity contribution in [1.82, 2.24) is 4.90 Å². The number of hydrogen-bond donors (Lipinski definition) is 0. The predicted molar refractivity (Wildman–Crippen MR) is 114 cm³/mol. The van der Waals surface area contributed by atoms with Crippen LogP contribution in [0.5, 0.6) is 5.75 Å². The quantitative estimate of drug-likeness (QED) is 0.637. The molecule has 1 aliphatic rings. The summed E-state index contributed by atoms with van der Waals surface area (Å²) in [5.41, 5.74) is 0.417. The molecular formula is C21H35FN2O3Si. The summed E-state index contributed by atoms with van der Waals surface area (Å²) in [4.78, 5) is 16.1. The van der Waals surface area contributed by atoms with Gasteiger partial charge in [0.25, 0.3) is 8.32 Å². The van der Waals surface area contributed by atoms with E-state index in [-0.39, 0.29) is 16.9 Å². The Balaban J connectivity index is 2.07. The number of nitrogens with zero attached hydrogens (tertiary/aromatic N) is 2. The number of piperazine rings is 1. The highest BCUT2D eigenvalue weighted by molar-refractivity contribution is 6.74. The molecule has 1 saturated heterocycles. The Morgan fingerprint density at radius 3 is 2.11 bits per heavy atom. The maximum absolute atomic E-state index is 14.4. The van der Waals surface area contributed by atoms with Crippen LogP contribution < -0.4 is 9.33 Å². The second kappa shape index (κ2) is 7.93. The fourth-order valence-corrected chi connectivity index (χ4v) is 3.68. The van der Waals surface area contributed by atoms with Gasteiger partial charge in [0.15, 0.2) is 5.82 Å². The Kier molecular flexibility index (Phi) is 6.38. The summed E-state index contributed by atoms with van der Waals surface area (Å²) < 4.78 is 26.0. The van der Waals surface area contributed by atoms with Gasteiger partial charge in [-0.15, -0.1) is 0 Å². The van der Waals surface area contributed by atoms with Crippen molar-refractivity contribution in [2.45, 2.75) is 65.3 Å². The number of benzene rings is 1. The van der Waals surface area contributed by atoms with E-state index in [9.17, 15) is 9.18 Å². The number of anilines is 1. The first kappa shape index (κ1) is 22.5. The summed E-state index contributed by atoms with van der Waals surface area (Å²) in [7, 11) is -2.13. The first-order valence-corrected chi connectivity index (χ1v) is 12.8. The van der Waals surface area contributed by atoms with Crippen LogP contribution in [0, 0.1) is 5.82 Å². The van der Waals surface area contributed by atoms with E-state index in [2.05, 4.69) is 38.8 Å². The normalized spacial score (nSPS) is 16.2. The van der Waals surface area contributed by atoms with Gasteiger partial charge in [-0.1, -0.05) is 20.8 Å². The Morgan fingerprint density at radius 1 is 1.04 bits per heavy atom. The van der Waals surface area contributed by atoms with Crippen LogP contribution in [0.25, 0.3) is 0 Å². The van der Waals surface area contributed by atoms with E-state index in [1.807, 2.05) is 20.8 Å². The number of ether oxygens (including phenoxy) is 1. The maximum atomic E-state index is 14.4. The Hall–Kier alpha value is -1.76. The predicted octanol–water partition coefficient (Wildman–Crippen LogP) is 5.27. The van der Waals surface area contributed by atoms with Crippen molar-refractivity contribution in [3.8, 4) is 5.75 Å². The van der Waals surface area contributed by atoms with Crippen molar-refractivity contribution in [3.05, 3.63) is 24.0 Å². The summed E-state index contributed by atoms with van der Waals surface area (Å²) in [6.07, 6.45) is -0.284. The molecule has 2 rings (SSSR count). The highest BCUT2D eigenvalue weighted by Gasteiger charge is 2.39. The summed E-state index contributed by atoms with van der Waals surface area (Å²) in [5, 5.41) is -0.00547. The number of carbonyl (C=O) groups excluding carboxylic acids is 1. The van der Waals surface area contributed by atoms with Crippen LogP contribution in [-0.2, 0) is 4.74 Å². The van der Waals surface area contributed by atoms with Crippen LogP contribution in [0.15, 0.2) is 18.2 Å². The lowest BCUT2D eigenvalue weighted by Gasteiger charge is -2.38. The van der Waals surface area contributed by atoms with Gasteiger partial charge in [0.05, 0.1) is 0 Å². The molecule has 1 fully saturated rings. The third-order valence-corrected chi connectivity index (χ3v) is 9.73. The van der Waals surface area contributed by atoms with Gasteiger partial charge in [-0.25, -0.2) is 9.18 Å². The molecule has 0 spiro atoms. The van der Waals surface area contributed by atoms with E-state index >= 15 is 0 Å². The first-order chi connectivity index (χ1) is 12.7. The zero-order valence-electron chi connectivity index (χ0n) is 18.6. The highest BCUT2D eigenvalue weighted by atomic mass is 28.4. The topological polar surface area (TPSA) is 42.0 Å². The molecule has 28 heavy (non-hydrogen) atoms. The molecule has 0 saturated carbocycles. The lowest BCUT2D eigenvalue weighted by Crippen LogP contribution is -2.50.